The van der Waals surface area contributed by atoms with Crippen LogP contribution in [-0.2, 0) is 20.9 Å². The Labute approximate surface area is 158 Å². The molecule has 1 aromatic carbocycles. The van der Waals surface area contributed by atoms with Crippen molar-refractivity contribution in [3.63, 3.8) is 0 Å². The number of thiophene rings is 1. The molecule has 25 heavy (non-hydrogen) atoms. The first-order valence-electron chi connectivity index (χ1n) is 7.66. The van der Waals surface area contributed by atoms with Crippen molar-refractivity contribution < 1.29 is 19.1 Å². The molecule has 5 nitrogen and oxygen atoms in total. The Morgan fingerprint density at radius 2 is 1.84 bits per heavy atom. The van der Waals surface area contributed by atoms with Crippen LogP contribution in [0.2, 0.25) is 0 Å². The standard InChI is InChI=1S/C18H18BrNO4S/c1-20(11-15-3-2-10-25-15)17(22)12-24-18(23)9-8-16(21)13-4-6-14(19)7-5-13/h2-7,10H,8-9,11-12H2,1H3. The van der Waals surface area contributed by atoms with Gasteiger partial charge in [-0.1, -0.05) is 34.1 Å². The normalized spacial score (nSPS) is 10.3. The van der Waals surface area contributed by atoms with E-state index < -0.39 is 5.97 Å². The van der Waals surface area contributed by atoms with Crippen molar-refractivity contribution in [1.29, 1.82) is 0 Å². The lowest BCUT2D eigenvalue weighted by atomic mass is 10.1. The van der Waals surface area contributed by atoms with Crippen molar-refractivity contribution in [2.24, 2.45) is 0 Å². The lowest BCUT2D eigenvalue weighted by molar-refractivity contribution is -0.151. The largest absolute Gasteiger partial charge is 0.456 e. The molecule has 0 bridgehead atoms. The van der Waals surface area contributed by atoms with E-state index in [1.807, 2.05) is 17.5 Å². The highest BCUT2D eigenvalue weighted by Gasteiger charge is 2.14. The predicted molar refractivity (Wildman–Crippen MR) is 99.5 cm³/mol. The van der Waals surface area contributed by atoms with Crippen molar-refractivity contribution >= 4 is 44.9 Å². The Balaban J connectivity index is 1.70. The van der Waals surface area contributed by atoms with Gasteiger partial charge >= 0.3 is 5.97 Å². The highest BCUT2D eigenvalue weighted by Crippen LogP contribution is 2.13. The van der Waals surface area contributed by atoms with Crippen LogP contribution in [0.3, 0.4) is 0 Å². The Morgan fingerprint density at radius 1 is 1.12 bits per heavy atom. The minimum Gasteiger partial charge on any atom is -0.456 e. The highest BCUT2D eigenvalue weighted by atomic mass is 79.9. The average molecular weight is 424 g/mol. The summed E-state index contributed by atoms with van der Waals surface area (Å²) in [5, 5.41) is 1.94. The van der Waals surface area contributed by atoms with E-state index >= 15 is 0 Å². The zero-order chi connectivity index (χ0) is 18.2. The second-order valence-corrected chi connectivity index (χ2v) is 7.37. The molecule has 2 rings (SSSR count). The number of nitrogens with zero attached hydrogens (tertiary/aromatic N) is 1. The highest BCUT2D eigenvalue weighted by molar-refractivity contribution is 9.10. The van der Waals surface area contributed by atoms with Gasteiger partial charge in [0.25, 0.3) is 5.91 Å². The summed E-state index contributed by atoms with van der Waals surface area (Å²) in [7, 11) is 1.66. The first-order valence-corrected chi connectivity index (χ1v) is 9.33. The molecule has 0 spiro atoms. The van der Waals surface area contributed by atoms with Crippen molar-refractivity contribution in [2.45, 2.75) is 19.4 Å². The first-order chi connectivity index (χ1) is 12.0. The minimum atomic E-state index is -0.552. The summed E-state index contributed by atoms with van der Waals surface area (Å²) < 4.78 is 5.85. The van der Waals surface area contributed by atoms with E-state index in [1.54, 1.807) is 42.6 Å². The van der Waals surface area contributed by atoms with E-state index in [0.717, 1.165) is 9.35 Å². The average Bonchev–Trinajstić information content (AvgIpc) is 3.11. The Kier molecular flexibility index (Phi) is 7.33. The monoisotopic (exact) mass is 423 g/mol. The zero-order valence-electron chi connectivity index (χ0n) is 13.7. The number of benzene rings is 1. The molecular formula is C18H18BrNO4S. The van der Waals surface area contributed by atoms with Crippen LogP contribution in [0, 0.1) is 0 Å². The number of esters is 1. The predicted octanol–water partition coefficient (Wildman–Crippen LogP) is 3.68. The quantitative estimate of drug-likeness (QED) is 0.479. The lowest BCUT2D eigenvalue weighted by Crippen LogP contribution is -2.30. The number of ketones is 1. The number of hydrogen-bond acceptors (Lipinski definition) is 5. The van der Waals surface area contributed by atoms with Crippen LogP contribution in [0.25, 0.3) is 0 Å². The van der Waals surface area contributed by atoms with Gasteiger partial charge in [0.15, 0.2) is 12.4 Å². The van der Waals surface area contributed by atoms with E-state index in [-0.39, 0.29) is 31.1 Å². The summed E-state index contributed by atoms with van der Waals surface area (Å²) in [6.07, 6.45) is 0.0104. The number of amides is 1. The van der Waals surface area contributed by atoms with E-state index in [4.69, 9.17) is 4.74 Å². The third-order valence-electron chi connectivity index (χ3n) is 3.48. The van der Waals surface area contributed by atoms with E-state index in [2.05, 4.69) is 15.9 Å². The second kappa shape index (κ2) is 9.48. The third-order valence-corrected chi connectivity index (χ3v) is 4.87. The molecule has 0 aliphatic carbocycles. The summed E-state index contributed by atoms with van der Waals surface area (Å²) >= 11 is 4.86. The number of carbonyl (C=O) groups excluding carboxylic acids is 3. The van der Waals surface area contributed by atoms with Gasteiger partial charge < -0.3 is 9.64 Å². The maximum Gasteiger partial charge on any atom is 0.306 e. The number of carbonyl (C=O) groups is 3. The van der Waals surface area contributed by atoms with Crippen LogP contribution >= 0.6 is 27.3 Å². The Bertz CT molecular complexity index is 728. The number of halogens is 1. The van der Waals surface area contributed by atoms with Crippen molar-refractivity contribution in [3.8, 4) is 0 Å². The Hall–Kier alpha value is -1.99. The van der Waals surface area contributed by atoms with Crippen molar-refractivity contribution in [2.75, 3.05) is 13.7 Å². The molecule has 0 fully saturated rings. The van der Waals surface area contributed by atoms with Crippen molar-refractivity contribution in [1.82, 2.24) is 4.90 Å². The molecule has 0 aliphatic heterocycles. The zero-order valence-corrected chi connectivity index (χ0v) is 16.1. The summed E-state index contributed by atoms with van der Waals surface area (Å²) in [6, 6.07) is 10.8. The molecule has 132 valence electrons. The molecule has 1 amide bonds. The van der Waals surface area contributed by atoms with Crippen LogP contribution in [0.15, 0.2) is 46.3 Å². The van der Waals surface area contributed by atoms with Crippen LogP contribution in [-0.4, -0.2) is 36.2 Å². The minimum absolute atomic E-state index is 0.0448. The SMILES string of the molecule is CN(Cc1cccs1)C(=O)COC(=O)CCC(=O)c1ccc(Br)cc1. The van der Waals surface area contributed by atoms with Crippen LogP contribution < -0.4 is 0 Å². The number of Topliss-reactive ketones (excluding diaryl/α,β-unsaturated/α-hetero) is 1. The van der Waals surface area contributed by atoms with Gasteiger partial charge in [0.05, 0.1) is 13.0 Å². The number of hydrogen-bond donors (Lipinski definition) is 0. The summed E-state index contributed by atoms with van der Waals surface area (Å²) in [5.74, 6) is -0.963. The van der Waals surface area contributed by atoms with Crippen LogP contribution in [0.5, 0.6) is 0 Å². The van der Waals surface area contributed by atoms with E-state index in [0.29, 0.717) is 12.1 Å². The Morgan fingerprint density at radius 3 is 2.48 bits per heavy atom. The number of likely N-dealkylation sites (N-methyl/N-ethyl adjacent to an activating group) is 1. The molecule has 2 aromatic rings. The van der Waals surface area contributed by atoms with E-state index in [9.17, 15) is 14.4 Å². The van der Waals surface area contributed by atoms with E-state index in [1.165, 1.54) is 4.90 Å². The number of ether oxygens (including phenoxy) is 1. The number of rotatable bonds is 8. The fourth-order valence-corrected chi connectivity index (χ4v) is 3.07. The van der Waals surface area contributed by atoms with Crippen LogP contribution in [0.4, 0.5) is 0 Å². The van der Waals surface area contributed by atoms with Gasteiger partial charge in [-0.15, -0.1) is 11.3 Å². The summed E-state index contributed by atoms with van der Waals surface area (Å²) in [5.41, 5.74) is 0.544. The molecule has 0 saturated carbocycles. The van der Waals surface area contributed by atoms with Crippen molar-refractivity contribution in [3.05, 3.63) is 56.7 Å². The lowest BCUT2D eigenvalue weighted by Gasteiger charge is -2.16. The first kappa shape index (κ1) is 19.3. The van der Waals surface area contributed by atoms with Gasteiger partial charge in [0.1, 0.15) is 0 Å². The topological polar surface area (TPSA) is 63.7 Å². The van der Waals surface area contributed by atoms with Gasteiger partial charge in [-0.25, -0.2) is 0 Å². The fourth-order valence-electron chi connectivity index (χ4n) is 2.04. The summed E-state index contributed by atoms with van der Waals surface area (Å²) in [4.78, 5) is 38.2. The van der Waals surface area contributed by atoms with Gasteiger partial charge in [-0.3, -0.25) is 14.4 Å². The molecule has 0 saturated heterocycles. The van der Waals surface area contributed by atoms with Gasteiger partial charge in [0.2, 0.25) is 0 Å². The molecule has 0 aliphatic rings. The van der Waals surface area contributed by atoms with Gasteiger partial charge in [0, 0.05) is 28.4 Å². The molecule has 1 aromatic heterocycles. The smallest absolute Gasteiger partial charge is 0.306 e. The van der Waals surface area contributed by atoms with Crippen LogP contribution in [0.1, 0.15) is 28.1 Å². The molecule has 1 heterocycles. The van der Waals surface area contributed by atoms with Gasteiger partial charge in [-0.05, 0) is 23.6 Å². The third kappa shape index (κ3) is 6.43. The molecule has 0 unspecified atom stereocenters. The molecule has 0 radical (unpaired) electrons. The maximum absolute atomic E-state index is 12.0. The molecule has 7 heteroatoms. The second-order valence-electron chi connectivity index (χ2n) is 5.42. The van der Waals surface area contributed by atoms with Gasteiger partial charge in [-0.2, -0.15) is 0 Å². The molecule has 0 atom stereocenters. The maximum atomic E-state index is 12.0. The molecular weight excluding hydrogens is 406 g/mol. The fraction of sp³-hybridized carbons (Fsp3) is 0.278. The summed E-state index contributed by atoms with van der Waals surface area (Å²) in [6.45, 7) is 0.170. The molecule has 0 N–H and O–H groups in total.